The van der Waals surface area contributed by atoms with Crippen LogP contribution in [-0.2, 0) is 22.6 Å². The lowest BCUT2D eigenvalue weighted by Gasteiger charge is -2.30. The van der Waals surface area contributed by atoms with Gasteiger partial charge in [0, 0.05) is 12.6 Å². The monoisotopic (exact) mass is 390 g/mol. The molecule has 2 rings (SSSR count). The molecule has 2 amide bonds. The smallest absolute Gasteiger partial charge is 0.242 e. The molecule has 0 saturated carbocycles. The number of carbonyl (C=O) groups excluding carboxylic acids is 2. The Hall–Kier alpha value is -2.27. The predicted octanol–water partition coefficient (Wildman–Crippen LogP) is 3.72. The van der Waals surface area contributed by atoms with Crippen LogP contribution in [0.25, 0.3) is 0 Å². The first-order chi connectivity index (χ1) is 13.0. The molecule has 1 heterocycles. The van der Waals surface area contributed by atoms with E-state index in [2.05, 4.69) is 0 Å². The van der Waals surface area contributed by atoms with E-state index in [0.29, 0.717) is 13.1 Å². The van der Waals surface area contributed by atoms with E-state index in [1.54, 1.807) is 22.1 Å². The van der Waals surface area contributed by atoms with E-state index in [0.717, 1.165) is 24.2 Å². The molecule has 0 saturated heterocycles. The number of nitrogens with zero attached hydrogens (tertiary/aromatic N) is 2. The zero-order valence-corrected chi connectivity index (χ0v) is 16.7. The number of alkyl halides is 1. The lowest BCUT2D eigenvalue weighted by Crippen LogP contribution is -2.47. The van der Waals surface area contributed by atoms with E-state index in [4.69, 9.17) is 16.0 Å². The van der Waals surface area contributed by atoms with Gasteiger partial charge in [-0.1, -0.05) is 37.3 Å². The van der Waals surface area contributed by atoms with Crippen molar-refractivity contribution < 1.29 is 14.0 Å². The van der Waals surface area contributed by atoms with Crippen molar-refractivity contribution in [3.05, 3.63) is 60.1 Å². The van der Waals surface area contributed by atoms with Crippen LogP contribution in [0.15, 0.2) is 53.1 Å². The molecular weight excluding hydrogens is 364 g/mol. The minimum Gasteiger partial charge on any atom is -0.467 e. The summed E-state index contributed by atoms with van der Waals surface area (Å²) in [5.41, 5.74) is 1.16. The van der Waals surface area contributed by atoms with Gasteiger partial charge in [0.1, 0.15) is 18.2 Å². The summed E-state index contributed by atoms with van der Waals surface area (Å²) in [6, 6.07) is 13.6. The molecule has 146 valence electrons. The fourth-order valence-electron chi connectivity index (χ4n) is 2.82. The van der Waals surface area contributed by atoms with Gasteiger partial charge in [-0.05, 0) is 37.5 Å². The molecule has 0 aliphatic carbocycles. The minimum absolute atomic E-state index is 0.0239. The van der Waals surface area contributed by atoms with Crippen LogP contribution in [0.2, 0.25) is 0 Å². The van der Waals surface area contributed by atoms with Gasteiger partial charge in [0.05, 0.1) is 12.8 Å². The number of amides is 2. The second-order valence-electron chi connectivity index (χ2n) is 6.54. The maximum absolute atomic E-state index is 13.0. The van der Waals surface area contributed by atoms with Crippen molar-refractivity contribution in [3.8, 4) is 0 Å². The second kappa shape index (κ2) is 10.8. The molecule has 0 aliphatic rings. The highest BCUT2D eigenvalue weighted by Crippen LogP contribution is 2.11. The molecule has 6 heteroatoms. The van der Waals surface area contributed by atoms with Crippen molar-refractivity contribution in [1.82, 2.24) is 9.80 Å². The molecule has 0 spiro atoms. The van der Waals surface area contributed by atoms with Crippen molar-refractivity contribution in [1.29, 1.82) is 0 Å². The Morgan fingerprint density at radius 2 is 1.85 bits per heavy atom. The Kier molecular flexibility index (Phi) is 8.40. The van der Waals surface area contributed by atoms with Gasteiger partial charge in [0.2, 0.25) is 11.8 Å². The van der Waals surface area contributed by atoms with Crippen LogP contribution in [0.4, 0.5) is 0 Å². The van der Waals surface area contributed by atoms with Gasteiger partial charge in [0.15, 0.2) is 0 Å². The Morgan fingerprint density at radius 1 is 1.11 bits per heavy atom. The predicted molar refractivity (Wildman–Crippen MR) is 106 cm³/mol. The highest BCUT2D eigenvalue weighted by Gasteiger charge is 2.24. The van der Waals surface area contributed by atoms with Crippen molar-refractivity contribution in [3.63, 3.8) is 0 Å². The highest BCUT2D eigenvalue weighted by atomic mass is 35.5. The van der Waals surface area contributed by atoms with Crippen LogP contribution in [0.3, 0.4) is 0 Å². The average Bonchev–Trinajstić information content (AvgIpc) is 3.21. The number of hydrogen-bond donors (Lipinski definition) is 0. The van der Waals surface area contributed by atoms with Crippen LogP contribution in [0.1, 0.15) is 31.6 Å². The third-order valence-electron chi connectivity index (χ3n) is 4.66. The molecule has 0 N–H and O–H groups in total. The first kappa shape index (κ1) is 21.0. The third-order valence-corrected chi connectivity index (χ3v) is 4.88. The lowest BCUT2D eigenvalue weighted by molar-refractivity contribution is -0.141. The Labute approximate surface area is 165 Å². The molecule has 0 fully saturated rings. The molecule has 0 radical (unpaired) electrons. The fraction of sp³-hybridized carbons (Fsp3) is 0.429. The Bertz CT molecular complexity index is 703. The maximum Gasteiger partial charge on any atom is 0.242 e. The van der Waals surface area contributed by atoms with Crippen LogP contribution >= 0.6 is 11.6 Å². The summed E-state index contributed by atoms with van der Waals surface area (Å²) in [5.74, 6) is 0.261. The summed E-state index contributed by atoms with van der Waals surface area (Å²) in [6.07, 6.45) is 3.09. The van der Waals surface area contributed by atoms with E-state index >= 15 is 0 Å². The molecule has 1 atom stereocenters. The van der Waals surface area contributed by atoms with E-state index in [1.807, 2.05) is 50.2 Å². The number of rotatable bonds is 10. The minimum atomic E-state index is -0.222. The summed E-state index contributed by atoms with van der Waals surface area (Å²) in [6.45, 7) is 4.86. The largest absolute Gasteiger partial charge is 0.467 e. The van der Waals surface area contributed by atoms with Gasteiger partial charge in [-0.25, -0.2) is 0 Å². The number of benzene rings is 1. The Balaban J connectivity index is 2.10. The maximum atomic E-state index is 13.0. The van der Waals surface area contributed by atoms with Crippen molar-refractivity contribution in [2.45, 2.75) is 39.3 Å². The topological polar surface area (TPSA) is 53.8 Å². The Morgan fingerprint density at radius 3 is 2.44 bits per heavy atom. The summed E-state index contributed by atoms with van der Waals surface area (Å²) in [5, 5.41) is 0. The van der Waals surface area contributed by atoms with Gasteiger partial charge in [-0.3, -0.25) is 9.59 Å². The van der Waals surface area contributed by atoms with Gasteiger partial charge in [-0.15, -0.1) is 11.6 Å². The SMILES string of the molecule is CCC(C)N(CC(=O)N(CCc1ccccc1)Cc1ccco1)C(=O)CCl. The molecule has 5 nitrogen and oxygen atoms in total. The van der Waals surface area contributed by atoms with E-state index < -0.39 is 0 Å². The standard InChI is InChI=1S/C21H27ClN2O3/c1-3-17(2)24(20(25)14-22)16-21(26)23(15-19-10-7-13-27-19)12-11-18-8-5-4-6-9-18/h4-10,13,17H,3,11-12,14-16H2,1-2H3. The van der Waals surface area contributed by atoms with Crippen LogP contribution in [0.5, 0.6) is 0 Å². The molecule has 0 aliphatic heterocycles. The van der Waals surface area contributed by atoms with Crippen molar-refractivity contribution in [2.75, 3.05) is 19.0 Å². The van der Waals surface area contributed by atoms with Crippen LogP contribution in [-0.4, -0.2) is 46.6 Å². The molecule has 0 bridgehead atoms. The van der Waals surface area contributed by atoms with Gasteiger partial charge in [-0.2, -0.15) is 0 Å². The summed E-state index contributed by atoms with van der Waals surface area (Å²) < 4.78 is 5.41. The molecule has 2 aromatic rings. The summed E-state index contributed by atoms with van der Waals surface area (Å²) in [7, 11) is 0. The normalized spacial score (nSPS) is 11.8. The van der Waals surface area contributed by atoms with Gasteiger partial charge < -0.3 is 14.2 Å². The molecular formula is C21H27ClN2O3. The molecule has 1 aromatic heterocycles. The van der Waals surface area contributed by atoms with Gasteiger partial charge in [0.25, 0.3) is 0 Å². The molecule has 27 heavy (non-hydrogen) atoms. The molecule has 1 aromatic carbocycles. The zero-order valence-electron chi connectivity index (χ0n) is 15.9. The van der Waals surface area contributed by atoms with Crippen molar-refractivity contribution in [2.24, 2.45) is 0 Å². The molecule has 1 unspecified atom stereocenters. The average molecular weight is 391 g/mol. The van der Waals surface area contributed by atoms with E-state index in [-0.39, 0.29) is 30.3 Å². The van der Waals surface area contributed by atoms with Crippen LogP contribution in [0, 0.1) is 0 Å². The first-order valence-electron chi connectivity index (χ1n) is 9.24. The first-order valence-corrected chi connectivity index (χ1v) is 9.78. The van der Waals surface area contributed by atoms with Crippen LogP contribution < -0.4 is 0 Å². The number of hydrogen-bond acceptors (Lipinski definition) is 3. The third kappa shape index (κ3) is 6.43. The number of carbonyl (C=O) groups is 2. The quantitative estimate of drug-likeness (QED) is 0.581. The van der Waals surface area contributed by atoms with E-state index in [9.17, 15) is 9.59 Å². The second-order valence-corrected chi connectivity index (χ2v) is 6.81. The van der Waals surface area contributed by atoms with Gasteiger partial charge >= 0.3 is 0 Å². The summed E-state index contributed by atoms with van der Waals surface area (Å²) in [4.78, 5) is 28.5. The summed E-state index contributed by atoms with van der Waals surface area (Å²) >= 11 is 5.74. The highest BCUT2D eigenvalue weighted by molar-refractivity contribution is 6.27. The lowest BCUT2D eigenvalue weighted by atomic mass is 10.1. The zero-order chi connectivity index (χ0) is 19.6. The number of furan rings is 1. The fourth-order valence-corrected chi connectivity index (χ4v) is 2.98. The van der Waals surface area contributed by atoms with Crippen molar-refractivity contribution >= 4 is 23.4 Å². The van der Waals surface area contributed by atoms with E-state index in [1.165, 1.54) is 0 Å². The number of halogens is 1.